The first-order chi connectivity index (χ1) is 11.8. The average molecular weight is 335 g/mol. The molecule has 0 bridgehead atoms. The Kier molecular flexibility index (Phi) is 13.0. The number of carbonyl (C=O) groups excluding carboxylic acids is 1. The van der Waals surface area contributed by atoms with Gasteiger partial charge in [0.25, 0.3) is 0 Å². The van der Waals surface area contributed by atoms with Crippen molar-refractivity contribution in [3.63, 3.8) is 0 Å². The van der Waals surface area contributed by atoms with Crippen molar-refractivity contribution in [2.24, 2.45) is 0 Å². The topological polar surface area (TPSA) is 51.2 Å². The van der Waals surface area contributed by atoms with E-state index in [-0.39, 0.29) is 5.91 Å². The molecule has 1 rings (SSSR count). The van der Waals surface area contributed by atoms with Crippen molar-refractivity contribution in [1.29, 1.82) is 0 Å². The van der Waals surface area contributed by atoms with Crippen LogP contribution in [0.3, 0.4) is 0 Å². The predicted octanol–water partition coefficient (Wildman–Crippen LogP) is 4.64. The molecular weight excluding hydrogens is 300 g/mol. The van der Waals surface area contributed by atoms with E-state index in [1.54, 1.807) is 12.4 Å². The highest BCUT2D eigenvalue weighted by molar-refractivity contribution is 5.75. The molecule has 0 saturated heterocycles. The second-order valence-electron chi connectivity index (χ2n) is 6.32. The molecule has 0 atom stereocenters. The molecule has 0 unspecified atom stereocenters. The van der Waals surface area contributed by atoms with Gasteiger partial charge in [0.1, 0.15) is 0 Å². The molecular formula is C20H34N2O2. The predicted molar refractivity (Wildman–Crippen MR) is 98.7 cm³/mol. The summed E-state index contributed by atoms with van der Waals surface area (Å²) in [5.74, 6) is 0.141. The lowest BCUT2D eigenvalue weighted by atomic mass is 10.1. The fourth-order valence-electron chi connectivity index (χ4n) is 2.54. The van der Waals surface area contributed by atoms with Crippen LogP contribution in [0.1, 0.15) is 76.7 Å². The van der Waals surface area contributed by atoms with E-state index in [1.807, 2.05) is 12.1 Å². The standard InChI is InChI=1S/C20H34N2O2/c1-2-3-4-9-16-24-17-10-7-5-6-8-11-20(23)22-18-19-12-14-21-15-13-19/h12-15H,2-11,16-18H2,1H3,(H,22,23). The minimum atomic E-state index is 0.141. The van der Waals surface area contributed by atoms with Crippen molar-refractivity contribution >= 4 is 5.91 Å². The van der Waals surface area contributed by atoms with E-state index in [2.05, 4.69) is 17.2 Å². The Morgan fingerprint density at radius 1 is 0.958 bits per heavy atom. The first-order valence-electron chi connectivity index (χ1n) is 9.56. The van der Waals surface area contributed by atoms with E-state index < -0.39 is 0 Å². The minimum absolute atomic E-state index is 0.141. The highest BCUT2D eigenvalue weighted by Gasteiger charge is 2.01. The summed E-state index contributed by atoms with van der Waals surface area (Å²) in [6, 6.07) is 3.85. The first-order valence-corrected chi connectivity index (χ1v) is 9.56. The number of aromatic nitrogens is 1. The van der Waals surface area contributed by atoms with Crippen LogP contribution >= 0.6 is 0 Å². The maximum atomic E-state index is 11.8. The van der Waals surface area contributed by atoms with Gasteiger partial charge in [-0.25, -0.2) is 0 Å². The van der Waals surface area contributed by atoms with Crippen molar-refractivity contribution < 1.29 is 9.53 Å². The van der Waals surface area contributed by atoms with E-state index in [0.29, 0.717) is 13.0 Å². The summed E-state index contributed by atoms with van der Waals surface area (Å²) in [7, 11) is 0. The lowest BCUT2D eigenvalue weighted by Crippen LogP contribution is -2.22. The van der Waals surface area contributed by atoms with Crippen LogP contribution < -0.4 is 5.32 Å². The third-order valence-corrected chi connectivity index (χ3v) is 4.07. The minimum Gasteiger partial charge on any atom is -0.381 e. The Hall–Kier alpha value is -1.42. The van der Waals surface area contributed by atoms with Gasteiger partial charge < -0.3 is 10.1 Å². The van der Waals surface area contributed by atoms with E-state index in [0.717, 1.165) is 38.0 Å². The third kappa shape index (κ3) is 12.1. The van der Waals surface area contributed by atoms with Crippen molar-refractivity contribution in [3.8, 4) is 0 Å². The zero-order valence-corrected chi connectivity index (χ0v) is 15.3. The summed E-state index contributed by atoms with van der Waals surface area (Å²) in [6.07, 6.45) is 14.8. The van der Waals surface area contributed by atoms with Gasteiger partial charge >= 0.3 is 0 Å². The first kappa shape index (κ1) is 20.6. The molecule has 1 heterocycles. The Labute approximate surface area is 147 Å². The molecule has 0 aromatic carbocycles. The van der Waals surface area contributed by atoms with E-state index in [4.69, 9.17) is 4.74 Å². The molecule has 136 valence electrons. The average Bonchev–Trinajstić information content (AvgIpc) is 2.62. The van der Waals surface area contributed by atoms with Gasteiger partial charge in [-0.15, -0.1) is 0 Å². The number of hydrogen-bond acceptors (Lipinski definition) is 3. The number of amides is 1. The Bertz CT molecular complexity index is 409. The Morgan fingerprint density at radius 3 is 2.29 bits per heavy atom. The number of nitrogens with zero attached hydrogens (tertiary/aromatic N) is 1. The van der Waals surface area contributed by atoms with E-state index in [9.17, 15) is 4.79 Å². The molecule has 0 aliphatic carbocycles. The van der Waals surface area contributed by atoms with E-state index in [1.165, 1.54) is 38.5 Å². The number of pyridine rings is 1. The smallest absolute Gasteiger partial charge is 0.220 e. The van der Waals surface area contributed by atoms with Gasteiger partial charge in [0.2, 0.25) is 5.91 Å². The molecule has 1 N–H and O–H groups in total. The van der Waals surface area contributed by atoms with Gasteiger partial charge in [0.05, 0.1) is 0 Å². The van der Waals surface area contributed by atoms with Crippen LogP contribution in [0.4, 0.5) is 0 Å². The molecule has 4 nitrogen and oxygen atoms in total. The van der Waals surface area contributed by atoms with Gasteiger partial charge in [-0.1, -0.05) is 45.4 Å². The summed E-state index contributed by atoms with van der Waals surface area (Å²) in [5.41, 5.74) is 1.09. The van der Waals surface area contributed by atoms with E-state index >= 15 is 0 Å². The lowest BCUT2D eigenvalue weighted by Gasteiger charge is -2.06. The van der Waals surface area contributed by atoms with Crippen molar-refractivity contribution in [2.45, 2.75) is 77.7 Å². The maximum Gasteiger partial charge on any atom is 0.220 e. The molecule has 0 spiro atoms. The van der Waals surface area contributed by atoms with Gasteiger partial charge in [0.15, 0.2) is 0 Å². The van der Waals surface area contributed by atoms with Crippen LogP contribution in [0.25, 0.3) is 0 Å². The number of rotatable bonds is 15. The Morgan fingerprint density at radius 2 is 1.58 bits per heavy atom. The van der Waals surface area contributed by atoms with Crippen LogP contribution in [-0.4, -0.2) is 24.1 Å². The number of hydrogen-bond donors (Lipinski definition) is 1. The Balaban J connectivity index is 1.82. The second kappa shape index (κ2) is 15.1. The molecule has 24 heavy (non-hydrogen) atoms. The van der Waals surface area contributed by atoms with Crippen molar-refractivity contribution in [2.75, 3.05) is 13.2 Å². The summed E-state index contributed by atoms with van der Waals surface area (Å²) >= 11 is 0. The fraction of sp³-hybridized carbons (Fsp3) is 0.700. The number of carbonyl (C=O) groups is 1. The van der Waals surface area contributed by atoms with Crippen LogP contribution in [0.2, 0.25) is 0 Å². The van der Waals surface area contributed by atoms with Crippen LogP contribution in [0.5, 0.6) is 0 Å². The van der Waals surface area contributed by atoms with Crippen molar-refractivity contribution in [3.05, 3.63) is 30.1 Å². The molecule has 0 aliphatic heterocycles. The lowest BCUT2D eigenvalue weighted by molar-refractivity contribution is -0.121. The molecule has 0 aliphatic rings. The molecule has 0 radical (unpaired) electrons. The second-order valence-corrected chi connectivity index (χ2v) is 6.32. The monoisotopic (exact) mass is 334 g/mol. The summed E-state index contributed by atoms with van der Waals surface area (Å²) in [6.45, 7) is 4.62. The molecule has 1 aromatic heterocycles. The normalized spacial score (nSPS) is 10.7. The van der Waals surface area contributed by atoms with Crippen LogP contribution in [0, 0.1) is 0 Å². The van der Waals surface area contributed by atoms with Crippen LogP contribution in [0.15, 0.2) is 24.5 Å². The molecule has 1 amide bonds. The molecule has 0 fully saturated rings. The maximum absolute atomic E-state index is 11.8. The quantitative estimate of drug-likeness (QED) is 0.476. The molecule has 4 heteroatoms. The third-order valence-electron chi connectivity index (χ3n) is 4.07. The summed E-state index contributed by atoms with van der Waals surface area (Å²) < 4.78 is 5.63. The molecule has 1 aromatic rings. The largest absolute Gasteiger partial charge is 0.381 e. The number of unbranched alkanes of at least 4 members (excludes halogenated alkanes) is 7. The summed E-state index contributed by atoms with van der Waals surface area (Å²) in [5, 5.41) is 2.95. The fourth-order valence-corrected chi connectivity index (χ4v) is 2.54. The zero-order valence-electron chi connectivity index (χ0n) is 15.3. The molecule has 0 saturated carbocycles. The van der Waals surface area contributed by atoms with Gasteiger partial charge in [0, 0.05) is 38.6 Å². The zero-order chi connectivity index (χ0) is 17.3. The van der Waals surface area contributed by atoms with Gasteiger partial charge in [-0.3, -0.25) is 9.78 Å². The highest BCUT2D eigenvalue weighted by atomic mass is 16.5. The van der Waals surface area contributed by atoms with Gasteiger partial charge in [-0.2, -0.15) is 0 Å². The van der Waals surface area contributed by atoms with Gasteiger partial charge in [-0.05, 0) is 37.0 Å². The SMILES string of the molecule is CCCCCCOCCCCCCCC(=O)NCc1ccncc1. The summed E-state index contributed by atoms with van der Waals surface area (Å²) in [4.78, 5) is 15.7. The highest BCUT2D eigenvalue weighted by Crippen LogP contribution is 2.06. The number of ether oxygens (including phenoxy) is 1. The number of nitrogens with one attached hydrogen (secondary N) is 1. The van der Waals surface area contributed by atoms with Crippen molar-refractivity contribution in [1.82, 2.24) is 10.3 Å². The van der Waals surface area contributed by atoms with Crippen LogP contribution in [-0.2, 0) is 16.1 Å².